The smallest absolute Gasteiger partial charge is 0.154 e. The SMILES string of the molecule is CCOC(C)OCC1C2CC(C(C)C2C)C1COC(C)OCC. The minimum Gasteiger partial charge on any atom is -0.353 e. The van der Waals surface area contributed by atoms with E-state index in [0.29, 0.717) is 25.0 Å². The zero-order valence-electron chi connectivity index (χ0n) is 15.8. The van der Waals surface area contributed by atoms with E-state index in [0.717, 1.165) is 36.9 Å². The van der Waals surface area contributed by atoms with E-state index in [9.17, 15) is 0 Å². The molecule has 2 bridgehead atoms. The van der Waals surface area contributed by atoms with Gasteiger partial charge in [-0.15, -0.1) is 0 Å². The number of ether oxygens (including phenoxy) is 4. The predicted octanol–water partition coefficient (Wildman–Crippen LogP) is 3.94. The molecular weight excluding hydrogens is 292 g/mol. The Morgan fingerprint density at radius 1 is 0.739 bits per heavy atom. The van der Waals surface area contributed by atoms with E-state index in [1.54, 1.807) is 0 Å². The van der Waals surface area contributed by atoms with Crippen molar-refractivity contribution in [2.24, 2.45) is 35.5 Å². The summed E-state index contributed by atoms with van der Waals surface area (Å²) in [4.78, 5) is 0. The topological polar surface area (TPSA) is 36.9 Å². The van der Waals surface area contributed by atoms with Crippen molar-refractivity contribution in [1.29, 1.82) is 0 Å². The van der Waals surface area contributed by atoms with Crippen LogP contribution in [0.4, 0.5) is 0 Å². The van der Waals surface area contributed by atoms with Gasteiger partial charge in [0.05, 0.1) is 13.2 Å². The van der Waals surface area contributed by atoms with E-state index in [-0.39, 0.29) is 12.6 Å². The molecule has 8 atom stereocenters. The molecule has 0 amide bonds. The van der Waals surface area contributed by atoms with Gasteiger partial charge < -0.3 is 18.9 Å². The second-order valence-electron chi connectivity index (χ2n) is 7.32. The van der Waals surface area contributed by atoms with Gasteiger partial charge in [-0.3, -0.25) is 0 Å². The van der Waals surface area contributed by atoms with Crippen LogP contribution >= 0.6 is 0 Å². The fourth-order valence-corrected chi connectivity index (χ4v) is 4.84. The molecular formula is C19H36O4. The number of fused-ring (bicyclic) bond motifs is 2. The highest BCUT2D eigenvalue weighted by Gasteiger charge is 2.54. The lowest BCUT2D eigenvalue weighted by Crippen LogP contribution is -2.38. The maximum Gasteiger partial charge on any atom is 0.154 e. The zero-order valence-corrected chi connectivity index (χ0v) is 15.8. The first-order valence-corrected chi connectivity index (χ1v) is 9.45. The van der Waals surface area contributed by atoms with Crippen LogP contribution in [-0.2, 0) is 18.9 Å². The quantitative estimate of drug-likeness (QED) is 0.569. The minimum absolute atomic E-state index is 0.115. The number of hydrogen-bond donors (Lipinski definition) is 0. The van der Waals surface area contributed by atoms with Gasteiger partial charge in [-0.05, 0) is 69.6 Å². The largest absolute Gasteiger partial charge is 0.353 e. The van der Waals surface area contributed by atoms with Crippen molar-refractivity contribution in [1.82, 2.24) is 0 Å². The molecule has 0 aromatic carbocycles. The molecule has 23 heavy (non-hydrogen) atoms. The average molecular weight is 328 g/mol. The molecule has 2 aliphatic rings. The number of hydrogen-bond acceptors (Lipinski definition) is 4. The van der Waals surface area contributed by atoms with E-state index in [4.69, 9.17) is 18.9 Å². The molecule has 2 aliphatic carbocycles. The molecule has 0 N–H and O–H groups in total. The van der Waals surface area contributed by atoms with E-state index < -0.39 is 0 Å². The summed E-state index contributed by atoms with van der Waals surface area (Å²) in [6.07, 6.45) is 1.10. The summed E-state index contributed by atoms with van der Waals surface area (Å²) in [5, 5.41) is 0. The molecule has 2 rings (SSSR count). The van der Waals surface area contributed by atoms with Gasteiger partial charge in [-0.2, -0.15) is 0 Å². The van der Waals surface area contributed by atoms with Crippen LogP contribution in [0.15, 0.2) is 0 Å². The molecule has 2 fully saturated rings. The van der Waals surface area contributed by atoms with Crippen molar-refractivity contribution >= 4 is 0 Å². The first-order chi connectivity index (χ1) is 11.0. The van der Waals surface area contributed by atoms with Crippen LogP contribution in [0.1, 0.15) is 48.0 Å². The lowest BCUT2D eigenvalue weighted by molar-refractivity contribution is -0.164. The second-order valence-corrected chi connectivity index (χ2v) is 7.32. The highest BCUT2D eigenvalue weighted by atomic mass is 16.7. The van der Waals surface area contributed by atoms with Crippen molar-refractivity contribution in [3.05, 3.63) is 0 Å². The third-order valence-corrected chi connectivity index (χ3v) is 6.22. The summed E-state index contributed by atoms with van der Waals surface area (Å²) in [5.74, 6) is 4.28. The first-order valence-electron chi connectivity index (χ1n) is 9.45. The molecule has 2 saturated carbocycles. The minimum atomic E-state index is -0.115. The van der Waals surface area contributed by atoms with Crippen molar-refractivity contribution in [3.63, 3.8) is 0 Å². The summed E-state index contributed by atoms with van der Waals surface area (Å²) < 4.78 is 23.0. The Hall–Kier alpha value is -0.160. The zero-order chi connectivity index (χ0) is 17.0. The standard InChI is InChI=1S/C19H36O4/c1-7-20-14(5)22-10-18-16-9-17(13(4)12(16)3)19(18)11-23-15(6)21-8-2/h12-19H,7-11H2,1-6H3. The molecule has 4 nitrogen and oxygen atoms in total. The fourth-order valence-electron chi connectivity index (χ4n) is 4.84. The van der Waals surface area contributed by atoms with Crippen LogP contribution < -0.4 is 0 Å². The summed E-state index contributed by atoms with van der Waals surface area (Å²) in [7, 11) is 0. The van der Waals surface area contributed by atoms with E-state index in [1.165, 1.54) is 6.42 Å². The van der Waals surface area contributed by atoms with Crippen LogP contribution in [0.3, 0.4) is 0 Å². The molecule has 0 radical (unpaired) electrons. The lowest BCUT2D eigenvalue weighted by Gasteiger charge is -2.39. The molecule has 8 unspecified atom stereocenters. The van der Waals surface area contributed by atoms with Gasteiger partial charge in [0, 0.05) is 13.2 Å². The van der Waals surface area contributed by atoms with Crippen LogP contribution in [0.25, 0.3) is 0 Å². The second kappa shape index (κ2) is 8.80. The van der Waals surface area contributed by atoms with Gasteiger partial charge in [0.15, 0.2) is 12.6 Å². The van der Waals surface area contributed by atoms with Crippen LogP contribution in [-0.4, -0.2) is 39.0 Å². The normalized spacial score (nSPS) is 38.9. The molecule has 0 spiro atoms. The third kappa shape index (κ3) is 4.47. The number of rotatable bonds is 10. The molecule has 0 aromatic rings. The van der Waals surface area contributed by atoms with E-state index in [1.807, 2.05) is 27.7 Å². The van der Waals surface area contributed by atoms with Gasteiger partial charge in [-0.1, -0.05) is 13.8 Å². The Balaban J connectivity index is 1.92. The van der Waals surface area contributed by atoms with Crippen molar-refractivity contribution in [2.45, 2.75) is 60.5 Å². The fraction of sp³-hybridized carbons (Fsp3) is 1.00. The van der Waals surface area contributed by atoms with Crippen molar-refractivity contribution < 1.29 is 18.9 Å². The first kappa shape index (κ1) is 19.2. The summed E-state index contributed by atoms with van der Waals surface area (Å²) in [6.45, 7) is 15.8. The Morgan fingerprint density at radius 3 is 1.48 bits per heavy atom. The average Bonchev–Trinajstić information content (AvgIpc) is 3.01. The molecule has 4 heteroatoms. The van der Waals surface area contributed by atoms with Crippen LogP contribution in [0, 0.1) is 35.5 Å². The molecule has 136 valence electrons. The van der Waals surface area contributed by atoms with Crippen LogP contribution in [0.5, 0.6) is 0 Å². The van der Waals surface area contributed by atoms with Crippen LogP contribution in [0.2, 0.25) is 0 Å². The van der Waals surface area contributed by atoms with Crippen molar-refractivity contribution in [3.8, 4) is 0 Å². The van der Waals surface area contributed by atoms with Crippen molar-refractivity contribution in [2.75, 3.05) is 26.4 Å². The summed E-state index contributed by atoms with van der Waals surface area (Å²) in [5.41, 5.74) is 0. The van der Waals surface area contributed by atoms with Gasteiger partial charge in [0.1, 0.15) is 0 Å². The van der Waals surface area contributed by atoms with E-state index in [2.05, 4.69) is 13.8 Å². The Kier molecular flexibility index (Phi) is 7.33. The van der Waals surface area contributed by atoms with E-state index >= 15 is 0 Å². The molecule has 0 aliphatic heterocycles. The maximum absolute atomic E-state index is 5.98. The van der Waals surface area contributed by atoms with Gasteiger partial charge in [-0.25, -0.2) is 0 Å². The van der Waals surface area contributed by atoms with Gasteiger partial charge in [0.2, 0.25) is 0 Å². The highest BCUT2D eigenvalue weighted by molar-refractivity contribution is 5.02. The lowest BCUT2D eigenvalue weighted by atomic mass is 9.70. The molecule has 0 saturated heterocycles. The van der Waals surface area contributed by atoms with Gasteiger partial charge in [0.25, 0.3) is 0 Å². The summed E-state index contributed by atoms with van der Waals surface area (Å²) >= 11 is 0. The Labute approximate surface area is 142 Å². The molecule has 0 aromatic heterocycles. The predicted molar refractivity (Wildman–Crippen MR) is 91.0 cm³/mol. The monoisotopic (exact) mass is 328 g/mol. The van der Waals surface area contributed by atoms with Gasteiger partial charge >= 0.3 is 0 Å². The third-order valence-electron chi connectivity index (χ3n) is 6.22. The highest BCUT2D eigenvalue weighted by Crippen LogP contribution is 2.58. The Morgan fingerprint density at radius 2 is 1.13 bits per heavy atom. The Bertz CT molecular complexity index is 316. The summed E-state index contributed by atoms with van der Waals surface area (Å²) in [6, 6.07) is 0. The maximum atomic E-state index is 5.98. The molecule has 0 heterocycles.